The molecule has 5 heteroatoms. The highest BCUT2D eigenvalue weighted by molar-refractivity contribution is 7.90. The molecular weight excluding hydrogens is 260 g/mol. The van der Waals surface area contributed by atoms with E-state index in [4.69, 9.17) is 0 Å². The summed E-state index contributed by atoms with van der Waals surface area (Å²) >= 11 is 0. The molecule has 1 atom stereocenters. The number of hydrogen-bond donors (Lipinski definition) is 1. The highest BCUT2D eigenvalue weighted by Crippen LogP contribution is 2.19. The van der Waals surface area contributed by atoms with Gasteiger partial charge in [-0.25, -0.2) is 8.42 Å². The number of hydrogen-bond acceptors (Lipinski definition) is 4. The van der Waals surface area contributed by atoms with Crippen LogP contribution in [-0.2, 0) is 9.84 Å². The summed E-state index contributed by atoms with van der Waals surface area (Å²) in [5.41, 5.74) is 1.83. The lowest BCUT2D eigenvalue weighted by Crippen LogP contribution is -2.27. The van der Waals surface area contributed by atoms with Crippen LogP contribution in [-0.4, -0.2) is 32.0 Å². The molecule has 19 heavy (non-hydrogen) atoms. The minimum Gasteiger partial charge on any atom is -0.309 e. The summed E-state index contributed by atoms with van der Waals surface area (Å²) in [6.07, 6.45) is 3.01. The van der Waals surface area contributed by atoms with Gasteiger partial charge in [0.15, 0.2) is 0 Å². The van der Waals surface area contributed by atoms with E-state index in [1.807, 2.05) is 37.3 Å². The van der Waals surface area contributed by atoms with Gasteiger partial charge in [-0.2, -0.15) is 0 Å². The van der Waals surface area contributed by atoms with Crippen molar-refractivity contribution in [2.45, 2.75) is 13.0 Å². The second-order valence-corrected chi connectivity index (χ2v) is 6.85. The molecule has 0 radical (unpaired) electrons. The number of nitrogens with one attached hydrogen (secondary N) is 1. The van der Waals surface area contributed by atoms with E-state index in [9.17, 15) is 8.42 Å². The summed E-state index contributed by atoms with van der Waals surface area (Å²) in [5.74, 6) is 0.0842. The predicted octanol–water partition coefficient (Wildman–Crippen LogP) is 1.93. The predicted molar refractivity (Wildman–Crippen MR) is 77.9 cm³/mol. The van der Waals surface area contributed by atoms with Crippen molar-refractivity contribution < 1.29 is 8.42 Å². The Morgan fingerprint density at radius 2 is 2.05 bits per heavy atom. The molecular formula is C14H18N2O2S. The third kappa shape index (κ3) is 3.75. The molecule has 0 saturated carbocycles. The Bertz CT molecular complexity index is 668. The maximum absolute atomic E-state index is 11.5. The van der Waals surface area contributed by atoms with Crippen LogP contribution in [0.5, 0.6) is 0 Å². The van der Waals surface area contributed by atoms with E-state index in [-0.39, 0.29) is 11.8 Å². The summed E-state index contributed by atoms with van der Waals surface area (Å²) < 4.78 is 23.0. The number of pyridine rings is 1. The summed E-state index contributed by atoms with van der Waals surface area (Å²) in [7, 11) is -3.04. The van der Waals surface area contributed by atoms with E-state index in [0.29, 0.717) is 6.54 Å². The summed E-state index contributed by atoms with van der Waals surface area (Å²) in [4.78, 5) is 4.38. The van der Waals surface area contributed by atoms with Crippen molar-refractivity contribution in [3.05, 3.63) is 42.1 Å². The van der Waals surface area contributed by atoms with Gasteiger partial charge >= 0.3 is 0 Å². The van der Waals surface area contributed by atoms with Gasteiger partial charge in [0.25, 0.3) is 0 Å². The minimum absolute atomic E-state index is 0.0842. The van der Waals surface area contributed by atoms with Gasteiger partial charge in [-0.1, -0.05) is 25.1 Å². The average Bonchev–Trinajstić information content (AvgIpc) is 2.36. The third-order valence-electron chi connectivity index (χ3n) is 2.93. The standard InChI is InChI=1S/C14H18N2O2S/c1-3-15-14(10-19(2,17)18)12-8-11-6-4-5-7-13(11)16-9-12/h4-9,14-15H,3,10H2,1-2H3. The van der Waals surface area contributed by atoms with Gasteiger partial charge in [-0.3, -0.25) is 4.98 Å². The summed E-state index contributed by atoms with van der Waals surface area (Å²) in [6, 6.07) is 9.60. The maximum atomic E-state index is 11.5. The minimum atomic E-state index is -3.04. The molecule has 1 N–H and O–H groups in total. The van der Waals surface area contributed by atoms with Gasteiger partial charge in [0.1, 0.15) is 9.84 Å². The van der Waals surface area contributed by atoms with Crippen molar-refractivity contribution in [1.29, 1.82) is 0 Å². The topological polar surface area (TPSA) is 59.1 Å². The molecule has 2 aromatic rings. The Hall–Kier alpha value is -1.46. The molecule has 1 heterocycles. The molecule has 0 amide bonds. The Balaban J connectivity index is 2.38. The van der Waals surface area contributed by atoms with Crippen molar-refractivity contribution >= 4 is 20.7 Å². The number of sulfone groups is 1. The summed E-state index contributed by atoms with van der Waals surface area (Å²) in [6.45, 7) is 2.68. The molecule has 1 unspecified atom stereocenters. The molecule has 0 spiro atoms. The van der Waals surface area contributed by atoms with Crippen LogP contribution in [0.4, 0.5) is 0 Å². The van der Waals surface area contributed by atoms with Crippen LogP contribution < -0.4 is 5.32 Å². The number of para-hydroxylation sites is 1. The molecule has 1 aromatic heterocycles. The van der Waals surface area contributed by atoms with Crippen LogP contribution in [0.3, 0.4) is 0 Å². The first-order valence-corrected chi connectivity index (χ1v) is 8.31. The first-order valence-electron chi connectivity index (χ1n) is 6.25. The van der Waals surface area contributed by atoms with Crippen molar-refractivity contribution in [2.75, 3.05) is 18.6 Å². The molecule has 0 bridgehead atoms. The summed E-state index contributed by atoms with van der Waals surface area (Å²) in [5, 5.41) is 4.23. The SMILES string of the molecule is CCNC(CS(C)(=O)=O)c1cnc2ccccc2c1. The van der Waals surface area contributed by atoms with Gasteiger partial charge in [0, 0.05) is 23.9 Å². The maximum Gasteiger partial charge on any atom is 0.149 e. The van der Waals surface area contributed by atoms with E-state index in [1.54, 1.807) is 6.20 Å². The fourth-order valence-corrected chi connectivity index (χ4v) is 3.02. The van der Waals surface area contributed by atoms with Gasteiger partial charge in [0.2, 0.25) is 0 Å². The first kappa shape index (κ1) is 14.0. The van der Waals surface area contributed by atoms with Crippen molar-refractivity contribution in [3.63, 3.8) is 0 Å². The number of benzene rings is 1. The molecule has 0 aliphatic carbocycles. The number of rotatable bonds is 5. The fraction of sp³-hybridized carbons (Fsp3) is 0.357. The first-order chi connectivity index (χ1) is 8.99. The van der Waals surface area contributed by atoms with Crippen LogP contribution >= 0.6 is 0 Å². The molecule has 4 nitrogen and oxygen atoms in total. The zero-order valence-electron chi connectivity index (χ0n) is 11.1. The van der Waals surface area contributed by atoms with Gasteiger partial charge in [-0.15, -0.1) is 0 Å². The van der Waals surface area contributed by atoms with Crippen molar-refractivity contribution in [3.8, 4) is 0 Å². The second kappa shape index (κ2) is 5.67. The lowest BCUT2D eigenvalue weighted by atomic mass is 10.1. The van der Waals surface area contributed by atoms with Crippen LogP contribution in [0, 0.1) is 0 Å². The van der Waals surface area contributed by atoms with Gasteiger partial charge < -0.3 is 5.32 Å². The lowest BCUT2D eigenvalue weighted by Gasteiger charge is -2.17. The van der Waals surface area contributed by atoms with E-state index in [0.717, 1.165) is 16.5 Å². The highest BCUT2D eigenvalue weighted by atomic mass is 32.2. The number of aromatic nitrogens is 1. The van der Waals surface area contributed by atoms with E-state index in [2.05, 4.69) is 10.3 Å². The largest absolute Gasteiger partial charge is 0.309 e. The molecule has 0 aliphatic rings. The van der Waals surface area contributed by atoms with Crippen LogP contribution in [0.1, 0.15) is 18.5 Å². The molecule has 2 rings (SSSR count). The number of nitrogens with zero attached hydrogens (tertiary/aromatic N) is 1. The molecule has 0 saturated heterocycles. The van der Waals surface area contributed by atoms with E-state index >= 15 is 0 Å². The van der Waals surface area contributed by atoms with Gasteiger partial charge in [0.05, 0.1) is 11.3 Å². The molecule has 1 aromatic carbocycles. The number of fused-ring (bicyclic) bond motifs is 1. The Labute approximate surface area is 113 Å². The monoisotopic (exact) mass is 278 g/mol. The van der Waals surface area contributed by atoms with Gasteiger partial charge in [-0.05, 0) is 24.2 Å². The fourth-order valence-electron chi connectivity index (χ4n) is 2.10. The average molecular weight is 278 g/mol. The zero-order chi connectivity index (χ0) is 13.9. The Morgan fingerprint density at radius 1 is 1.32 bits per heavy atom. The van der Waals surface area contributed by atoms with E-state index < -0.39 is 9.84 Å². The highest BCUT2D eigenvalue weighted by Gasteiger charge is 2.17. The van der Waals surface area contributed by atoms with Crippen LogP contribution in [0.2, 0.25) is 0 Å². The molecule has 0 aliphatic heterocycles. The normalized spacial score (nSPS) is 13.6. The molecule has 102 valence electrons. The van der Waals surface area contributed by atoms with Crippen LogP contribution in [0.25, 0.3) is 10.9 Å². The van der Waals surface area contributed by atoms with E-state index in [1.165, 1.54) is 6.26 Å². The van der Waals surface area contributed by atoms with Crippen molar-refractivity contribution in [1.82, 2.24) is 10.3 Å². The lowest BCUT2D eigenvalue weighted by molar-refractivity contribution is 0.562. The van der Waals surface area contributed by atoms with Crippen LogP contribution in [0.15, 0.2) is 36.5 Å². The second-order valence-electron chi connectivity index (χ2n) is 4.66. The Morgan fingerprint density at radius 3 is 2.74 bits per heavy atom. The smallest absolute Gasteiger partial charge is 0.149 e. The zero-order valence-corrected chi connectivity index (χ0v) is 11.9. The van der Waals surface area contributed by atoms with Crippen molar-refractivity contribution in [2.24, 2.45) is 0 Å². The Kier molecular flexibility index (Phi) is 4.17. The third-order valence-corrected chi connectivity index (χ3v) is 3.87. The molecule has 0 fully saturated rings. The quantitative estimate of drug-likeness (QED) is 0.908.